The number of hydrogen-bond donors (Lipinski definition) is 1. The van der Waals surface area contributed by atoms with Crippen LogP contribution in [0.25, 0.3) is 17.0 Å². The van der Waals surface area contributed by atoms with E-state index in [1.807, 2.05) is 56.3 Å². The van der Waals surface area contributed by atoms with Gasteiger partial charge in [0, 0.05) is 40.3 Å². The number of amides is 3. The van der Waals surface area contributed by atoms with Crippen LogP contribution >= 0.6 is 11.6 Å². The second kappa shape index (κ2) is 7.76. The average Bonchev–Trinajstić information content (AvgIpc) is 3.13. The highest BCUT2D eigenvalue weighted by Crippen LogP contribution is 2.30. The third-order valence-electron chi connectivity index (χ3n) is 5.26. The Morgan fingerprint density at radius 1 is 1.07 bits per heavy atom. The Kier molecular flexibility index (Phi) is 5.16. The van der Waals surface area contributed by atoms with Gasteiger partial charge in [0.15, 0.2) is 0 Å². The molecule has 4 rings (SSSR count). The summed E-state index contributed by atoms with van der Waals surface area (Å²) in [5.41, 5.74) is 4.33. The zero-order chi connectivity index (χ0) is 20.5. The molecule has 6 heteroatoms. The molecular weight excluding hydrogens is 386 g/mol. The van der Waals surface area contributed by atoms with Crippen molar-refractivity contribution in [1.29, 1.82) is 0 Å². The van der Waals surface area contributed by atoms with E-state index in [1.165, 1.54) is 4.90 Å². The minimum absolute atomic E-state index is 0.279. The van der Waals surface area contributed by atoms with Crippen molar-refractivity contribution < 1.29 is 9.59 Å². The maximum Gasteiger partial charge on any atom is 0.329 e. The van der Waals surface area contributed by atoms with Crippen molar-refractivity contribution in [3.8, 4) is 0 Å². The monoisotopic (exact) mass is 407 g/mol. The molecule has 0 saturated carbocycles. The molecule has 1 aliphatic heterocycles. The SMILES string of the molecule is CCCN1C(=O)N/C(=C/c2c(C)n(Cc3ccccc3Cl)c3ccccc23)C1=O. The van der Waals surface area contributed by atoms with Crippen molar-refractivity contribution in [3.05, 3.63) is 76.1 Å². The number of nitrogens with one attached hydrogen (secondary N) is 1. The van der Waals surface area contributed by atoms with Gasteiger partial charge in [-0.3, -0.25) is 9.69 Å². The van der Waals surface area contributed by atoms with Gasteiger partial charge in [-0.1, -0.05) is 54.9 Å². The second-order valence-corrected chi connectivity index (χ2v) is 7.55. The van der Waals surface area contributed by atoms with Crippen molar-refractivity contribution >= 4 is 40.5 Å². The molecule has 2 aromatic carbocycles. The quantitative estimate of drug-likeness (QED) is 0.480. The summed E-state index contributed by atoms with van der Waals surface area (Å²) >= 11 is 6.38. The summed E-state index contributed by atoms with van der Waals surface area (Å²) in [6.07, 6.45) is 2.51. The molecule has 3 aromatic rings. The molecule has 0 radical (unpaired) electrons. The fraction of sp³-hybridized carbons (Fsp3) is 0.217. The minimum atomic E-state index is -0.361. The van der Waals surface area contributed by atoms with Gasteiger partial charge in [0.05, 0.1) is 0 Å². The molecule has 1 aliphatic rings. The number of urea groups is 1. The van der Waals surface area contributed by atoms with E-state index >= 15 is 0 Å². The van der Waals surface area contributed by atoms with Gasteiger partial charge in [0.2, 0.25) is 0 Å². The van der Waals surface area contributed by atoms with Crippen molar-refractivity contribution in [1.82, 2.24) is 14.8 Å². The van der Waals surface area contributed by atoms with Crippen LogP contribution in [0.1, 0.15) is 30.2 Å². The number of aromatic nitrogens is 1. The average molecular weight is 408 g/mol. The van der Waals surface area contributed by atoms with Gasteiger partial charge in [-0.25, -0.2) is 4.79 Å². The third-order valence-corrected chi connectivity index (χ3v) is 5.63. The summed E-state index contributed by atoms with van der Waals surface area (Å²) in [6, 6.07) is 15.5. The highest BCUT2D eigenvalue weighted by Gasteiger charge is 2.33. The van der Waals surface area contributed by atoms with Crippen molar-refractivity contribution in [2.24, 2.45) is 0 Å². The number of carbonyl (C=O) groups excluding carboxylic acids is 2. The Bertz CT molecular complexity index is 1150. The van der Waals surface area contributed by atoms with E-state index in [0.29, 0.717) is 18.8 Å². The molecule has 2 heterocycles. The third kappa shape index (κ3) is 3.42. The lowest BCUT2D eigenvalue weighted by Crippen LogP contribution is -2.31. The van der Waals surface area contributed by atoms with Crippen molar-refractivity contribution in [2.45, 2.75) is 26.8 Å². The molecule has 148 valence electrons. The van der Waals surface area contributed by atoms with Crippen LogP contribution in [0.5, 0.6) is 0 Å². The molecule has 3 amide bonds. The van der Waals surface area contributed by atoms with Gasteiger partial charge in [0.25, 0.3) is 5.91 Å². The maximum atomic E-state index is 12.7. The van der Waals surface area contributed by atoms with Crippen molar-refractivity contribution in [3.63, 3.8) is 0 Å². The highest BCUT2D eigenvalue weighted by atomic mass is 35.5. The number of benzene rings is 2. The number of rotatable bonds is 5. The molecule has 1 aromatic heterocycles. The first-order valence-electron chi connectivity index (χ1n) is 9.67. The number of para-hydroxylation sites is 1. The summed E-state index contributed by atoms with van der Waals surface area (Å²) in [4.78, 5) is 26.0. The van der Waals surface area contributed by atoms with E-state index < -0.39 is 0 Å². The van der Waals surface area contributed by atoms with E-state index in [2.05, 4.69) is 16.0 Å². The Morgan fingerprint density at radius 2 is 1.79 bits per heavy atom. The highest BCUT2D eigenvalue weighted by molar-refractivity contribution is 6.31. The predicted molar refractivity (Wildman–Crippen MR) is 116 cm³/mol. The lowest BCUT2D eigenvalue weighted by Gasteiger charge is -2.10. The summed E-state index contributed by atoms with van der Waals surface area (Å²) in [6.45, 7) is 5.00. The molecule has 0 unspecified atom stereocenters. The fourth-order valence-electron chi connectivity index (χ4n) is 3.78. The molecule has 0 spiro atoms. The molecule has 0 aliphatic carbocycles. The summed E-state index contributed by atoms with van der Waals surface area (Å²) in [5, 5.41) is 4.46. The van der Waals surface area contributed by atoms with Crippen LogP contribution in [0.4, 0.5) is 4.79 Å². The smallest absolute Gasteiger partial charge is 0.329 e. The number of hydrogen-bond acceptors (Lipinski definition) is 2. The first kappa shape index (κ1) is 19.3. The van der Waals surface area contributed by atoms with Crippen LogP contribution < -0.4 is 5.32 Å². The van der Waals surface area contributed by atoms with Crippen LogP contribution in [0.2, 0.25) is 5.02 Å². The van der Waals surface area contributed by atoms with Gasteiger partial charge in [-0.15, -0.1) is 0 Å². The summed E-state index contributed by atoms with van der Waals surface area (Å²) in [5.74, 6) is -0.279. The normalized spacial score (nSPS) is 15.6. The topological polar surface area (TPSA) is 54.3 Å². The molecule has 1 saturated heterocycles. The fourth-order valence-corrected chi connectivity index (χ4v) is 3.98. The van der Waals surface area contributed by atoms with Crippen LogP contribution in [-0.4, -0.2) is 28.0 Å². The first-order chi connectivity index (χ1) is 14.0. The van der Waals surface area contributed by atoms with E-state index in [9.17, 15) is 9.59 Å². The Labute approximate surface area is 174 Å². The summed E-state index contributed by atoms with van der Waals surface area (Å²) < 4.78 is 2.19. The van der Waals surface area contributed by atoms with Crippen LogP contribution in [-0.2, 0) is 11.3 Å². The molecule has 1 fully saturated rings. The molecule has 0 bridgehead atoms. The Hall–Kier alpha value is -3.05. The minimum Gasteiger partial charge on any atom is -0.340 e. The zero-order valence-electron chi connectivity index (χ0n) is 16.4. The Morgan fingerprint density at radius 3 is 2.55 bits per heavy atom. The predicted octanol–water partition coefficient (Wildman–Crippen LogP) is 4.95. The molecular formula is C23H22ClN3O2. The number of halogens is 1. The maximum absolute atomic E-state index is 12.7. The summed E-state index contributed by atoms with van der Waals surface area (Å²) in [7, 11) is 0. The van der Waals surface area contributed by atoms with Crippen molar-refractivity contribution in [2.75, 3.05) is 6.54 Å². The number of fused-ring (bicyclic) bond motifs is 1. The number of nitrogens with zero attached hydrogens (tertiary/aromatic N) is 2. The lowest BCUT2D eigenvalue weighted by molar-refractivity contribution is -0.122. The van der Waals surface area contributed by atoms with Gasteiger partial charge in [0.1, 0.15) is 5.70 Å². The first-order valence-corrected chi connectivity index (χ1v) is 10.0. The van der Waals surface area contributed by atoms with Gasteiger partial charge < -0.3 is 9.88 Å². The molecule has 29 heavy (non-hydrogen) atoms. The van der Waals surface area contributed by atoms with Gasteiger partial charge in [-0.05, 0) is 37.1 Å². The van der Waals surface area contributed by atoms with Crippen LogP contribution in [0.15, 0.2) is 54.2 Å². The van der Waals surface area contributed by atoms with E-state index in [0.717, 1.165) is 39.2 Å². The molecule has 0 atom stereocenters. The second-order valence-electron chi connectivity index (χ2n) is 7.14. The van der Waals surface area contributed by atoms with Gasteiger partial charge in [-0.2, -0.15) is 0 Å². The van der Waals surface area contributed by atoms with Crippen LogP contribution in [0.3, 0.4) is 0 Å². The van der Waals surface area contributed by atoms with E-state index in [1.54, 1.807) is 6.08 Å². The largest absolute Gasteiger partial charge is 0.340 e. The van der Waals surface area contributed by atoms with E-state index in [-0.39, 0.29) is 11.9 Å². The standard InChI is InChI=1S/C23H22ClN3O2/c1-3-12-26-22(28)20(25-23(26)29)13-18-15(2)27(21-11-7-5-9-17(18)21)14-16-8-4-6-10-19(16)24/h4-11,13H,3,12,14H2,1-2H3,(H,25,29)/b20-13+. The number of carbonyl (C=O) groups is 2. The lowest BCUT2D eigenvalue weighted by atomic mass is 10.1. The van der Waals surface area contributed by atoms with Crippen LogP contribution in [0, 0.1) is 6.92 Å². The molecule has 5 nitrogen and oxygen atoms in total. The molecule has 1 N–H and O–H groups in total. The van der Waals surface area contributed by atoms with Gasteiger partial charge >= 0.3 is 6.03 Å². The Balaban J connectivity index is 1.81. The zero-order valence-corrected chi connectivity index (χ0v) is 17.2. The van der Waals surface area contributed by atoms with E-state index in [4.69, 9.17) is 11.6 Å². The number of imide groups is 1.